The van der Waals surface area contributed by atoms with Crippen molar-refractivity contribution in [1.29, 1.82) is 0 Å². The minimum Gasteiger partial charge on any atom is -0.321 e. The number of fused-ring (bicyclic) bond motifs is 2. The van der Waals surface area contributed by atoms with Gasteiger partial charge < -0.3 is 5.32 Å². The fourth-order valence-electron chi connectivity index (χ4n) is 2.87. The summed E-state index contributed by atoms with van der Waals surface area (Å²) in [4.78, 5) is 41.4. The lowest BCUT2D eigenvalue weighted by Gasteiger charge is -2.18. The maximum absolute atomic E-state index is 12.7. The SMILES string of the molecule is O=C(Nc1ccc2c(c1)C(=O)c1ccccc1C2=O)c1ccccn1. The predicted octanol–water partition coefficient (Wildman–Crippen LogP) is 3.11. The second kappa shape index (κ2) is 5.79. The van der Waals surface area contributed by atoms with Crippen LogP contribution in [0, 0.1) is 0 Å². The third-order valence-electron chi connectivity index (χ3n) is 4.08. The number of nitrogens with zero attached hydrogens (tertiary/aromatic N) is 1. The quantitative estimate of drug-likeness (QED) is 0.613. The van der Waals surface area contributed by atoms with Crippen molar-refractivity contribution in [3.63, 3.8) is 0 Å². The van der Waals surface area contributed by atoms with Gasteiger partial charge in [0.25, 0.3) is 5.91 Å². The third kappa shape index (κ3) is 2.52. The van der Waals surface area contributed by atoms with Crippen LogP contribution in [-0.2, 0) is 0 Å². The molecule has 0 unspecified atom stereocenters. The lowest BCUT2D eigenvalue weighted by molar-refractivity contribution is 0.0979. The minimum atomic E-state index is -0.379. The molecule has 5 heteroatoms. The molecule has 0 saturated heterocycles. The summed E-state index contributed by atoms with van der Waals surface area (Å²) in [6, 6.07) is 16.5. The van der Waals surface area contributed by atoms with Gasteiger partial charge in [0.05, 0.1) is 0 Å². The molecule has 0 saturated carbocycles. The molecule has 1 amide bonds. The molecule has 0 radical (unpaired) electrons. The van der Waals surface area contributed by atoms with Crippen LogP contribution in [-0.4, -0.2) is 22.5 Å². The molecule has 1 N–H and O–H groups in total. The van der Waals surface area contributed by atoms with Gasteiger partial charge in [-0.05, 0) is 30.3 Å². The largest absolute Gasteiger partial charge is 0.321 e. The second-order valence-corrected chi connectivity index (χ2v) is 5.63. The molecular formula is C20H12N2O3. The Bertz CT molecular complexity index is 1030. The van der Waals surface area contributed by atoms with Crippen molar-refractivity contribution in [2.45, 2.75) is 0 Å². The van der Waals surface area contributed by atoms with Crippen molar-refractivity contribution in [1.82, 2.24) is 4.98 Å². The fourth-order valence-corrected chi connectivity index (χ4v) is 2.87. The summed E-state index contributed by atoms with van der Waals surface area (Å²) in [6.45, 7) is 0. The van der Waals surface area contributed by atoms with E-state index in [1.807, 2.05) is 0 Å². The first kappa shape index (κ1) is 15.0. The van der Waals surface area contributed by atoms with Crippen LogP contribution in [0.2, 0.25) is 0 Å². The number of carbonyl (C=O) groups is 3. The molecule has 0 atom stereocenters. The molecule has 0 bridgehead atoms. The maximum atomic E-state index is 12.7. The Labute approximate surface area is 143 Å². The lowest BCUT2D eigenvalue weighted by Crippen LogP contribution is -2.21. The number of carbonyl (C=O) groups excluding carboxylic acids is 3. The van der Waals surface area contributed by atoms with Crippen molar-refractivity contribution in [3.05, 3.63) is 94.8 Å². The number of hydrogen-bond donors (Lipinski definition) is 1. The van der Waals surface area contributed by atoms with Crippen LogP contribution in [0.1, 0.15) is 42.3 Å². The Morgan fingerprint density at radius 3 is 2.08 bits per heavy atom. The van der Waals surface area contributed by atoms with Crippen molar-refractivity contribution in [2.75, 3.05) is 5.32 Å². The monoisotopic (exact) mass is 328 g/mol. The summed E-state index contributed by atoms with van der Waals surface area (Å²) in [5, 5.41) is 2.70. The summed E-state index contributed by atoms with van der Waals surface area (Å²) in [5.74, 6) is -0.789. The molecule has 1 aliphatic rings. The average Bonchev–Trinajstić information content (AvgIpc) is 2.67. The van der Waals surface area contributed by atoms with Gasteiger partial charge >= 0.3 is 0 Å². The van der Waals surface area contributed by atoms with Gasteiger partial charge in [0, 0.05) is 34.1 Å². The highest BCUT2D eigenvalue weighted by molar-refractivity contribution is 6.28. The van der Waals surface area contributed by atoms with E-state index in [1.54, 1.807) is 54.6 Å². The molecule has 0 fully saturated rings. The minimum absolute atomic E-state index is 0.187. The maximum Gasteiger partial charge on any atom is 0.274 e. The molecule has 4 rings (SSSR count). The number of hydrogen-bond acceptors (Lipinski definition) is 4. The van der Waals surface area contributed by atoms with Crippen LogP contribution in [0.4, 0.5) is 5.69 Å². The van der Waals surface area contributed by atoms with Crippen LogP contribution in [0.15, 0.2) is 66.9 Å². The first-order chi connectivity index (χ1) is 12.1. The Balaban J connectivity index is 1.70. The van der Waals surface area contributed by atoms with Gasteiger partial charge in [-0.15, -0.1) is 0 Å². The summed E-state index contributed by atoms with van der Waals surface area (Å²) >= 11 is 0. The van der Waals surface area contributed by atoms with Gasteiger partial charge in [-0.2, -0.15) is 0 Å². The highest BCUT2D eigenvalue weighted by Gasteiger charge is 2.29. The zero-order valence-electron chi connectivity index (χ0n) is 13.0. The average molecular weight is 328 g/mol. The number of ketones is 2. The van der Waals surface area contributed by atoms with Crippen LogP contribution in [0.5, 0.6) is 0 Å². The van der Waals surface area contributed by atoms with E-state index in [2.05, 4.69) is 10.3 Å². The summed E-state index contributed by atoms with van der Waals surface area (Å²) in [7, 11) is 0. The lowest BCUT2D eigenvalue weighted by atomic mass is 9.84. The molecule has 2 aromatic carbocycles. The van der Waals surface area contributed by atoms with Gasteiger partial charge in [-0.1, -0.05) is 30.3 Å². The standard InChI is InChI=1S/C20H12N2O3/c23-18-13-5-1-2-6-14(13)19(24)16-11-12(8-9-15(16)18)22-20(25)17-7-3-4-10-21-17/h1-11H,(H,22,25). The molecule has 1 aromatic heterocycles. The highest BCUT2D eigenvalue weighted by atomic mass is 16.2. The molecule has 1 heterocycles. The van der Waals surface area contributed by atoms with E-state index in [0.717, 1.165) is 0 Å². The Hall–Kier alpha value is -3.60. The van der Waals surface area contributed by atoms with E-state index in [4.69, 9.17) is 0 Å². The number of aromatic nitrogens is 1. The third-order valence-corrected chi connectivity index (χ3v) is 4.08. The smallest absolute Gasteiger partial charge is 0.274 e. The Morgan fingerprint density at radius 2 is 1.40 bits per heavy atom. The molecular weight excluding hydrogens is 316 g/mol. The van der Waals surface area contributed by atoms with Gasteiger partial charge in [-0.25, -0.2) is 0 Å². The molecule has 120 valence electrons. The van der Waals surface area contributed by atoms with Crippen LogP contribution in [0.25, 0.3) is 0 Å². The number of amides is 1. The van der Waals surface area contributed by atoms with Gasteiger partial charge in [0.2, 0.25) is 0 Å². The predicted molar refractivity (Wildman–Crippen MR) is 91.9 cm³/mol. The van der Waals surface area contributed by atoms with E-state index in [0.29, 0.717) is 27.9 Å². The number of rotatable bonds is 2. The number of pyridine rings is 1. The molecule has 25 heavy (non-hydrogen) atoms. The highest BCUT2D eigenvalue weighted by Crippen LogP contribution is 2.29. The molecule has 0 spiro atoms. The van der Waals surface area contributed by atoms with Crippen molar-refractivity contribution in [2.24, 2.45) is 0 Å². The summed E-state index contributed by atoms with van der Waals surface area (Å²) in [6.07, 6.45) is 1.53. The van der Waals surface area contributed by atoms with Crippen molar-refractivity contribution >= 4 is 23.2 Å². The molecule has 1 aliphatic carbocycles. The van der Waals surface area contributed by atoms with E-state index >= 15 is 0 Å². The van der Waals surface area contributed by atoms with Gasteiger partial charge in [0.1, 0.15) is 5.69 Å². The van der Waals surface area contributed by atoms with E-state index < -0.39 is 0 Å². The fraction of sp³-hybridized carbons (Fsp3) is 0. The van der Waals surface area contributed by atoms with Gasteiger partial charge in [0.15, 0.2) is 11.6 Å². The zero-order chi connectivity index (χ0) is 17.4. The van der Waals surface area contributed by atoms with Crippen LogP contribution >= 0.6 is 0 Å². The number of benzene rings is 2. The summed E-state index contributed by atoms with van der Waals surface area (Å²) < 4.78 is 0. The van der Waals surface area contributed by atoms with E-state index in [1.165, 1.54) is 12.3 Å². The first-order valence-corrected chi connectivity index (χ1v) is 7.70. The van der Waals surface area contributed by atoms with Crippen molar-refractivity contribution in [3.8, 4) is 0 Å². The molecule has 0 aliphatic heterocycles. The normalized spacial score (nSPS) is 12.3. The van der Waals surface area contributed by atoms with Crippen LogP contribution < -0.4 is 5.32 Å². The Kier molecular flexibility index (Phi) is 3.47. The number of nitrogens with one attached hydrogen (secondary N) is 1. The van der Waals surface area contributed by atoms with Crippen molar-refractivity contribution < 1.29 is 14.4 Å². The molecule has 5 nitrogen and oxygen atoms in total. The van der Waals surface area contributed by atoms with E-state index in [-0.39, 0.29) is 23.2 Å². The number of anilines is 1. The molecule has 3 aromatic rings. The first-order valence-electron chi connectivity index (χ1n) is 7.70. The van der Waals surface area contributed by atoms with Gasteiger partial charge in [-0.3, -0.25) is 19.4 Å². The zero-order valence-corrected chi connectivity index (χ0v) is 13.0. The summed E-state index contributed by atoms with van der Waals surface area (Å²) in [5.41, 5.74) is 2.14. The van der Waals surface area contributed by atoms with Crippen LogP contribution in [0.3, 0.4) is 0 Å². The second-order valence-electron chi connectivity index (χ2n) is 5.63. The van der Waals surface area contributed by atoms with E-state index in [9.17, 15) is 14.4 Å². The topological polar surface area (TPSA) is 76.1 Å². The Morgan fingerprint density at radius 1 is 0.760 bits per heavy atom.